The fourth-order valence-electron chi connectivity index (χ4n) is 2.75. The zero-order valence-corrected chi connectivity index (χ0v) is 13.7. The Morgan fingerprint density at radius 3 is 2.92 bits per heavy atom. The highest BCUT2D eigenvalue weighted by molar-refractivity contribution is 5.90. The number of hydrogen-bond acceptors (Lipinski definition) is 4. The van der Waals surface area contributed by atoms with Gasteiger partial charge < -0.3 is 10.5 Å². The molecule has 1 fully saturated rings. The standard InChI is InChI=1S/C19H19FN4O/c20-16-11-15(7-8-17(16)21)25-19-9-10-24(23-19)14-3-1-2-4-18(22-12-14)13-5-6-13/h1,3,7-13H,2,4-6,21H2/b3-1-,14-12+,22-18+. The Bertz CT molecular complexity index is 877. The molecule has 0 amide bonds. The molecule has 2 aromatic rings. The van der Waals surface area contributed by atoms with Gasteiger partial charge in [0, 0.05) is 24.0 Å². The summed E-state index contributed by atoms with van der Waals surface area (Å²) in [5.41, 5.74) is 7.71. The van der Waals surface area contributed by atoms with Crippen LogP contribution >= 0.6 is 0 Å². The smallest absolute Gasteiger partial charge is 0.238 e. The number of anilines is 1. The topological polar surface area (TPSA) is 65.4 Å². The zero-order chi connectivity index (χ0) is 17.2. The molecule has 0 spiro atoms. The molecule has 0 bridgehead atoms. The summed E-state index contributed by atoms with van der Waals surface area (Å²) in [5, 5.41) is 4.39. The number of benzene rings is 1. The van der Waals surface area contributed by atoms with E-state index < -0.39 is 5.82 Å². The van der Waals surface area contributed by atoms with Gasteiger partial charge in [-0.1, -0.05) is 6.08 Å². The van der Waals surface area contributed by atoms with Crippen molar-refractivity contribution in [3.8, 4) is 11.6 Å². The highest BCUT2D eigenvalue weighted by Crippen LogP contribution is 2.33. The van der Waals surface area contributed by atoms with Crippen LogP contribution in [0.4, 0.5) is 10.1 Å². The van der Waals surface area contributed by atoms with Gasteiger partial charge in [-0.05, 0) is 49.8 Å². The Morgan fingerprint density at radius 2 is 2.12 bits per heavy atom. The van der Waals surface area contributed by atoms with Crippen LogP contribution in [-0.2, 0) is 0 Å². The van der Waals surface area contributed by atoms with Crippen molar-refractivity contribution in [2.75, 3.05) is 5.73 Å². The lowest BCUT2D eigenvalue weighted by Gasteiger charge is -2.07. The van der Waals surface area contributed by atoms with Crippen molar-refractivity contribution in [3.05, 3.63) is 54.6 Å². The number of nitrogens with two attached hydrogens (primary N) is 1. The van der Waals surface area contributed by atoms with Crippen LogP contribution in [0, 0.1) is 11.7 Å². The average Bonchev–Trinajstić information content (AvgIpc) is 3.31. The second-order valence-corrected chi connectivity index (χ2v) is 6.27. The van der Waals surface area contributed by atoms with E-state index in [-0.39, 0.29) is 5.69 Å². The lowest BCUT2D eigenvalue weighted by atomic mass is 10.1. The summed E-state index contributed by atoms with van der Waals surface area (Å²) in [6, 6.07) is 6.05. The first-order valence-electron chi connectivity index (χ1n) is 8.41. The quantitative estimate of drug-likeness (QED) is 0.841. The van der Waals surface area contributed by atoms with Crippen LogP contribution < -0.4 is 10.5 Å². The molecule has 2 aliphatic rings. The molecule has 6 heteroatoms. The van der Waals surface area contributed by atoms with Crippen molar-refractivity contribution in [3.63, 3.8) is 0 Å². The number of halogens is 1. The number of rotatable bonds is 4. The van der Waals surface area contributed by atoms with Gasteiger partial charge in [0.05, 0.1) is 17.6 Å². The fraction of sp³-hybridized carbons (Fsp3) is 0.263. The van der Waals surface area contributed by atoms with Crippen molar-refractivity contribution < 1.29 is 9.13 Å². The average molecular weight is 338 g/mol. The highest BCUT2D eigenvalue weighted by atomic mass is 19.1. The van der Waals surface area contributed by atoms with Crippen LogP contribution in [0.1, 0.15) is 25.7 Å². The van der Waals surface area contributed by atoms with Gasteiger partial charge >= 0.3 is 0 Å². The summed E-state index contributed by atoms with van der Waals surface area (Å²) in [6.45, 7) is 0. The molecule has 0 atom stereocenters. The van der Waals surface area contributed by atoms with Crippen LogP contribution in [0.25, 0.3) is 5.70 Å². The van der Waals surface area contributed by atoms with E-state index in [2.05, 4.69) is 16.2 Å². The number of aromatic nitrogens is 2. The van der Waals surface area contributed by atoms with Crippen molar-refractivity contribution in [2.24, 2.45) is 10.9 Å². The lowest BCUT2D eigenvalue weighted by molar-refractivity contribution is 0.454. The third-order valence-electron chi connectivity index (χ3n) is 4.29. The molecule has 2 N–H and O–H groups in total. The number of ether oxygens (including phenoxy) is 1. The Kier molecular flexibility index (Phi) is 4.09. The van der Waals surface area contributed by atoms with Crippen LogP contribution in [0.3, 0.4) is 0 Å². The molecule has 128 valence electrons. The first kappa shape index (κ1) is 15.6. The maximum Gasteiger partial charge on any atom is 0.238 e. The largest absolute Gasteiger partial charge is 0.437 e. The molecular weight excluding hydrogens is 319 g/mol. The summed E-state index contributed by atoms with van der Waals surface area (Å²) in [4.78, 5) is 4.66. The van der Waals surface area contributed by atoms with E-state index >= 15 is 0 Å². The molecular formula is C19H19FN4O. The van der Waals surface area contributed by atoms with E-state index in [1.54, 1.807) is 23.0 Å². The first-order chi connectivity index (χ1) is 12.2. The van der Waals surface area contributed by atoms with Crippen LogP contribution in [-0.4, -0.2) is 15.5 Å². The normalized spacial score (nSPS) is 22.9. The second kappa shape index (κ2) is 6.55. The van der Waals surface area contributed by atoms with E-state index in [1.165, 1.54) is 30.7 Å². The molecule has 25 heavy (non-hydrogen) atoms. The molecule has 1 aromatic carbocycles. The van der Waals surface area contributed by atoms with Crippen molar-refractivity contribution >= 4 is 17.1 Å². The third-order valence-corrected chi connectivity index (χ3v) is 4.29. The number of allylic oxidation sites excluding steroid dienone is 3. The molecule has 1 aliphatic heterocycles. The first-order valence-corrected chi connectivity index (χ1v) is 8.41. The molecule has 4 rings (SSSR count). The van der Waals surface area contributed by atoms with Gasteiger partial charge in [-0.2, -0.15) is 0 Å². The Hall–Kier alpha value is -2.89. The SMILES string of the molecule is Nc1ccc(Oc2ccn(C3=C/N=C(/C4CC4)CC/C=C\3)n2)cc1F. The van der Waals surface area contributed by atoms with Gasteiger partial charge in [0.2, 0.25) is 5.88 Å². The molecule has 0 radical (unpaired) electrons. The highest BCUT2D eigenvalue weighted by Gasteiger charge is 2.26. The molecule has 0 saturated heterocycles. The number of nitrogen functional groups attached to an aromatic ring is 1. The van der Waals surface area contributed by atoms with Gasteiger partial charge in [0.25, 0.3) is 0 Å². The van der Waals surface area contributed by atoms with Gasteiger partial charge in [-0.25, -0.2) is 9.07 Å². The zero-order valence-electron chi connectivity index (χ0n) is 13.7. The summed E-state index contributed by atoms with van der Waals surface area (Å²) >= 11 is 0. The minimum absolute atomic E-state index is 0.0898. The number of aliphatic imine (C=N–C) groups is 1. The summed E-state index contributed by atoms with van der Waals surface area (Å²) in [5.74, 6) is 0.894. The summed E-state index contributed by atoms with van der Waals surface area (Å²) in [6.07, 6.45) is 12.3. The minimum Gasteiger partial charge on any atom is -0.437 e. The Labute approximate surface area is 145 Å². The van der Waals surface area contributed by atoms with Crippen LogP contribution in [0.15, 0.2) is 53.8 Å². The summed E-state index contributed by atoms with van der Waals surface area (Å²) < 4.78 is 20.8. The van der Waals surface area contributed by atoms with Crippen LogP contribution in [0.2, 0.25) is 0 Å². The summed E-state index contributed by atoms with van der Waals surface area (Å²) in [7, 11) is 0. The van der Waals surface area contributed by atoms with Gasteiger partial charge in [0.1, 0.15) is 11.6 Å². The second-order valence-electron chi connectivity index (χ2n) is 6.27. The van der Waals surface area contributed by atoms with Gasteiger partial charge in [0.15, 0.2) is 0 Å². The number of hydrogen-bond donors (Lipinski definition) is 1. The molecule has 1 aliphatic carbocycles. The van der Waals surface area contributed by atoms with Crippen molar-refractivity contribution in [2.45, 2.75) is 25.7 Å². The van der Waals surface area contributed by atoms with Gasteiger partial charge in [-0.15, -0.1) is 5.10 Å². The Balaban J connectivity index is 1.54. The van der Waals surface area contributed by atoms with E-state index in [9.17, 15) is 4.39 Å². The fourth-order valence-corrected chi connectivity index (χ4v) is 2.75. The van der Waals surface area contributed by atoms with E-state index in [1.807, 2.05) is 12.3 Å². The molecule has 2 heterocycles. The van der Waals surface area contributed by atoms with E-state index in [4.69, 9.17) is 10.5 Å². The predicted molar refractivity (Wildman–Crippen MR) is 95.9 cm³/mol. The molecule has 0 unspecified atom stereocenters. The van der Waals surface area contributed by atoms with E-state index in [0.717, 1.165) is 18.5 Å². The van der Waals surface area contributed by atoms with Crippen LogP contribution in [0.5, 0.6) is 11.6 Å². The minimum atomic E-state index is -0.510. The maximum atomic E-state index is 13.5. The lowest BCUT2D eigenvalue weighted by Crippen LogP contribution is -2.03. The van der Waals surface area contributed by atoms with E-state index in [0.29, 0.717) is 17.5 Å². The molecule has 5 nitrogen and oxygen atoms in total. The Morgan fingerprint density at radius 1 is 1.24 bits per heavy atom. The van der Waals surface area contributed by atoms with Crippen molar-refractivity contribution in [1.29, 1.82) is 0 Å². The molecule has 1 saturated carbocycles. The van der Waals surface area contributed by atoms with Crippen molar-refractivity contribution in [1.82, 2.24) is 9.78 Å². The maximum absolute atomic E-state index is 13.5. The monoisotopic (exact) mass is 338 g/mol. The third kappa shape index (κ3) is 3.63. The molecule has 1 aromatic heterocycles. The number of nitrogens with zero attached hydrogens (tertiary/aromatic N) is 3. The van der Waals surface area contributed by atoms with Gasteiger partial charge in [-0.3, -0.25) is 4.99 Å². The predicted octanol–water partition coefficient (Wildman–Crippen LogP) is 4.40.